The molecule has 2 rings (SSSR count). The van der Waals surface area contributed by atoms with Crippen LogP contribution in [0.15, 0.2) is 0 Å². The molecule has 0 aromatic heterocycles. The molecule has 0 bridgehead atoms. The van der Waals surface area contributed by atoms with Crippen molar-refractivity contribution in [1.82, 2.24) is 4.31 Å². The fraction of sp³-hybridized carbons (Fsp3) is 1.00. The summed E-state index contributed by atoms with van der Waals surface area (Å²) < 4.78 is 25.9. The first-order valence-electron chi connectivity index (χ1n) is 6.22. The maximum atomic E-state index is 12.2. The molecule has 0 spiro atoms. The van der Waals surface area contributed by atoms with E-state index in [9.17, 15) is 8.42 Å². The minimum absolute atomic E-state index is 0.0124. The average molecular weight is 246 g/mol. The summed E-state index contributed by atoms with van der Waals surface area (Å²) in [5, 5.41) is 0. The van der Waals surface area contributed by atoms with Gasteiger partial charge < -0.3 is 5.73 Å². The number of sulfonamides is 1. The van der Waals surface area contributed by atoms with E-state index in [1.54, 1.807) is 4.31 Å². The molecule has 1 saturated heterocycles. The molecular weight excluding hydrogens is 224 g/mol. The lowest BCUT2D eigenvalue weighted by Gasteiger charge is -2.18. The van der Waals surface area contributed by atoms with E-state index in [4.69, 9.17) is 5.73 Å². The molecule has 2 atom stereocenters. The van der Waals surface area contributed by atoms with Crippen LogP contribution in [0.2, 0.25) is 0 Å². The zero-order chi connectivity index (χ0) is 11.8. The van der Waals surface area contributed by atoms with Crippen molar-refractivity contribution in [1.29, 1.82) is 0 Å². The molecule has 0 aromatic rings. The van der Waals surface area contributed by atoms with Crippen LogP contribution in [0.5, 0.6) is 0 Å². The Hall–Kier alpha value is -0.130. The van der Waals surface area contributed by atoms with Crippen molar-refractivity contribution in [2.75, 3.05) is 18.8 Å². The van der Waals surface area contributed by atoms with Gasteiger partial charge in [-0.25, -0.2) is 12.7 Å². The minimum atomic E-state index is -3.06. The standard InChI is InChI=1S/C11H22N2O2S/c1-9-6-13(7-11(9)12)16(14,15)8-10-4-2-3-5-10/h9-11H,2-8,12H2,1H3. The second kappa shape index (κ2) is 4.63. The summed E-state index contributed by atoms with van der Waals surface area (Å²) in [6.07, 6.45) is 4.54. The molecule has 0 aromatic carbocycles. The predicted octanol–water partition coefficient (Wildman–Crippen LogP) is 0.785. The molecule has 1 aliphatic carbocycles. The molecular formula is C11H22N2O2S. The third-order valence-corrected chi connectivity index (χ3v) is 5.93. The maximum absolute atomic E-state index is 12.2. The molecule has 2 unspecified atom stereocenters. The molecule has 2 aliphatic rings. The van der Waals surface area contributed by atoms with Gasteiger partial charge in [-0.2, -0.15) is 0 Å². The minimum Gasteiger partial charge on any atom is -0.326 e. The molecule has 1 saturated carbocycles. The Balaban J connectivity index is 1.96. The van der Waals surface area contributed by atoms with E-state index in [-0.39, 0.29) is 6.04 Å². The number of hydrogen-bond donors (Lipinski definition) is 1. The lowest BCUT2D eigenvalue weighted by atomic mass is 10.1. The van der Waals surface area contributed by atoms with Crippen molar-refractivity contribution in [3.05, 3.63) is 0 Å². The lowest BCUT2D eigenvalue weighted by Crippen LogP contribution is -2.35. The molecule has 5 heteroatoms. The number of nitrogens with zero attached hydrogens (tertiary/aromatic N) is 1. The first-order valence-corrected chi connectivity index (χ1v) is 7.83. The smallest absolute Gasteiger partial charge is 0.214 e. The van der Waals surface area contributed by atoms with Crippen LogP contribution in [0.4, 0.5) is 0 Å². The first kappa shape index (κ1) is 12.3. The summed E-state index contributed by atoms with van der Waals surface area (Å²) in [6.45, 7) is 3.14. The van der Waals surface area contributed by atoms with Crippen molar-refractivity contribution in [3.8, 4) is 0 Å². The van der Waals surface area contributed by atoms with Crippen LogP contribution in [0.25, 0.3) is 0 Å². The monoisotopic (exact) mass is 246 g/mol. The Labute approximate surface area is 98.2 Å². The van der Waals surface area contributed by atoms with Crippen molar-refractivity contribution in [2.45, 2.75) is 38.6 Å². The van der Waals surface area contributed by atoms with Gasteiger partial charge in [0.15, 0.2) is 0 Å². The van der Waals surface area contributed by atoms with E-state index in [2.05, 4.69) is 0 Å². The van der Waals surface area contributed by atoms with Crippen molar-refractivity contribution < 1.29 is 8.42 Å². The van der Waals surface area contributed by atoms with Crippen LogP contribution in [0, 0.1) is 11.8 Å². The summed E-state index contributed by atoms with van der Waals surface area (Å²) in [4.78, 5) is 0. The van der Waals surface area contributed by atoms with Gasteiger partial charge in [-0.05, 0) is 24.7 Å². The molecule has 2 N–H and O–H groups in total. The zero-order valence-corrected chi connectivity index (χ0v) is 10.7. The Morgan fingerprint density at radius 2 is 1.88 bits per heavy atom. The van der Waals surface area contributed by atoms with E-state index in [1.807, 2.05) is 6.92 Å². The topological polar surface area (TPSA) is 63.4 Å². The highest BCUT2D eigenvalue weighted by molar-refractivity contribution is 7.89. The van der Waals surface area contributed by atoms with Crippen LogP contribution >= 0.6 is 0 Å². The molecule has 0 amide bonds. The normalized spacial score (nSPS) is 33.6. The summed E-state index contributed by atoms with van der Waals surface area (Å²) in [5.74, 6) is 1.02. The first-order chi connectivity index (χ1) is 7.49. The van der Waals surface area contributed by atoms with E-state index in [0.29, 0.717) is 30.7 Å². The molecule has 1 aliphatic heterocycles. The highest BCUT2D eigenvalue weighted by Gasteiger charge is 2.35. The second-order valence-electron chi connectivity index (χ2n) is 5.39. The van der Waals surface area contributed by atoms with E-state index >= 15 is 0 Å². The van der Waals surface area contributed by atoms with Crippen molar-refractivity contribution in [3.63, 3.8) is 0 Å². The van der Waals surface area contributed by atoms with Crippen LogP contribution in [-0.4, -0.2) is 37.6 Å². The van der Waals surface area contributed by atoms with E-state index < -0.39 is 10.0 Å². The number of nitrogens with two attached hydrogens (primary N) is 1. The van der Waals surface area contributed by atoms with E-state index in [0.717, 1.165) is 12.8 Å². The molecule has 4 nitrogen and oxygen atoms in total. The van der Waals surface area contributed by atoms with Gasteiger partial charge in [0.1, 0.15) is 0 Å². The fourth-order valence-corrected chi connectivity index (χ4v) is 4.76. The average Bonchev–Trinajstić information content (AvgIpc) is 2.78. The third-order valence-electron chi connectivity index (χ3n) is 3.95. The van der Waals surface area contributed by atoms with Gasteiger partial charge in [0.05, 0.1) is 5.75 Å². The maximum Gasteiger partial charge on any atom is 0.214 e. The van der Waals surface area contributed by atoms with Crippen LogP contribution in [0.3, 0.4) is 0 Å². The number of rotatable bonds is 3. The molecule has 1 heterocycles. The Kier molecular flexibility index (Phi) is 3.56. The van der Waals surface area contributed by atoms with Gasteiger partial charge in [-0.1, -0.05) is 19.8 Å². The summed E-state index contributed by atoms with van der Waals surface area (Å²) in [5.41, 5.74) is 5.87. The van der Waals surface area contributed by atoms with Crippen molar-refractivity contribution in [2.24, 2.45) is 17.6 Å². The molecule has 2 fully saturated rings. The summed E-state index contributed by atoms with van der Waals surface area (Å²) >= 11 is 0. The SMILES string of the molecule is CC1CN(S(=O)(=O)CC2CCCC2)CC1N. The Bertz CT molecular complexity index is 326. The highest BCUT2D eigenvalue weighted by atomic mass is 32.2. The second-order valence-corrected chi connectivity index (χ2v) is 7.40. The Morgan fingerprint density at radius 1 is 1.25 bits per heavy atom. The molecule has 0 radical (unpaired) electrons. The van der Waals surface area contributed by atoms with Gasteiger partial charge in [-0.3, -0.25) is 0 Å². The molecule has 16 heavy (non-hydrogen) atoms. The van der Waals surface area contributed by atoms with Crippen LogP contribution in [-0.2, 0) is 10.0 Å². The van der Waals surface area contributed by atoms with Gasteiger partial charge in [0, 0.05) is 19.1 Å². The van der Waals surface area contributed by atoms with Gasteiger partial charge in [0.2, 0.25) is 10.0 Å². The Morgan fingerprint density at radius 3 is 2.38 bits per heavy atom. The summed E-state index contributed by atoms with van der Waals surface area (Å²) in [7, 11) is -3.06. The van der Waals surface area contributed by atoms with E-state index in [1.165, 1.54) is 12.8 Å². The third kappa shape index (κ3) is 2.57. The summed E-state index contributed by atoms with van der Waals surface area (Å²) in [6, 6.07) is 0.0124. The lowest BCUT2D eigenvalue weighted by molar-refractivity contribution is 0.452. The highest BCUT2D eigenvalue weighted by Crippen LogP contribution is 2.28. The van der Waals surface area contributed by atoms with Gasteiger partial charge >= 0.3 is 0 Å². The van der Waals surface area contributed by atoms with Crippen molar-refractivity contribution >= 4 is 10.0 Å². The number of hydrogen-bond acceptors (Lipinski definition) is 3. The predicted molar refractivity (Wildman–Crippen MR) is 64.5 cm³/mol. The van der Waals surface area contributed by atoms with Gasteiger partial charge in [-0.15, -0.1) is 0 Å². The van der Waals surface area contributed by atoms with Crippen LogP contribution < -0.4 is 5.73 Å². The van der Waals surface area contributed by atoms with Crippen LogP contribution in [0.1, 0.15) is 32.6 Å². The quantitative estimate of drug-likeness (QED) is 0.800. The zero-order valence-electron chi connectivity index (χ0n) is 9.93. The van der Waals surface area contributed by atoms with Gasteiger partial charge in [0.25, 0.3) is 0 Å². The fourth-order valence-electron chi connectivity index (χ4n) is 2.75. The molecule has 94 valence electrons. The largest absolute Gasteiger partial charge is 0.326 e.